The van der Waals surface area contributed by atoms with Crippen LogP contribution in [0, 0.1) is 11.8 Å². The number of hydrogen-bond donors (Lipinski definition) is 1. The molecule has 22 heavy (non-hydrogen) atoms. The molecule has 2 aliphatic rings. The number of carbonyl (C=O) groups excluding carboxylic acids is 1. The maximum Gasteiger partial charge on any atom is 0.222 e. The minimum absolute atomic E-state index is 0.150. The summed E-state index contributed by atoms with van der Waals surface area (Å²) in [6, 6.07) is 8.27. The van der Waals surface area contributed by atoms with Gasteiger partial charge in [0.1, 0.15) is 5.52 Å². The number of carbonyl (C=O) groups is 1. The third kappa shape index (κ3) is 2.49. The quantitative estimate of drug-likeness (QED) is 0.943. The second kappa shape index (κ2) is 5.71. The van der Waals surface area contributed by atoms with Gasteiger partial charge in [0.2, 0.25) is 5.91 Å². The first-order chi connectivity index (χ1) is 10.8. The van der Waals surface area contributed by atoms with Crippen LogP contribution in [0.25, 0.3) is 11.0 Å². The molecule has 5 nitrogen and oxygen atoms in total. The highest BCUT2D eigenvalue weighted by atomic mass is 16.1. The molecule has 0 bridgehead atoms. The Balaban J connectivity index is 1.35. The van der Waals surface area contributed by atoms with E-state index in [0.29, 0.717) is 19.0 Å². The van der Waals surface area contributed by atoms with Gasteiger partial charge in [-0.2, -0.15) is 0 Å². The fourth-order valence-electron chi connectivity index (χ4n) is 4.31. The average Bonchev–Trinajstić information content (AvgIpc) is 3.22. The SMILES string of the molecule is O=C(CCn1nnc2ccccc21)N[C@@H]1CC[C@H]2CCC[C@H]21. The number of aryl methyl sites for hydroxylation is 1. The smallest absolute Gasteiger partial charge is 0.222 e. The maximum atomic E-state index is 12.2. The zero-order valence-electron chi connectivity index (χ0n) is 12.7. The minimum atomic E-state index is 0.150. The molecule has 5 heteroatoms. The predicted molar refractivity (Wildman–Crippen MR) is 84.1 cm³/mol. The lowest BCUT2D eigenvalue weighted by Gasteiger charge is -2.20. The molecule has 2 saturated carbocycles. The van der Waals surface area contributed by atoms with Crippen molar-refractivity contribution in [1.29, 1.82) is 0 Å². The molecule has 1 aromatic carbocycles. The highest BCUT2D eigenvalue weighted by Gasteiger charge is 2.39. The molecule has 0 unspecified atom stereocenters. The molecule has 2 aromatic rings. The van der Waals surface area contributed by atoms with Crippen LogP contribution in [0.3, 0.4) is 0 Å². The number of hydrogen-bond acceptors (Lipinski definition) is 3. The van der Waals surface area contributed by atoms with Crippen LogP contribution in [0.15, 0.2) is 24.3 Å². The van der Waals surface area contributed by atoms with E-state index in [9.17, 15) is 4.79 Å². The average molecular weight is 298 g/mol. The van der Waals surface area contributed by atoms with Crippen molar-refractivity contribution in [2.24, 2.45) is 11.8 Å². The van der Waals surface area contributed by atoms with Gasteiger partial charge < -0.3 is 5.32 Å². The van der Waals surface area contributed by atoms with Crippen LogP contribution in [0.1, 0.15) is 38.5 Å². The number of nitrogens with one attached hydrogen (secondary N) is 1. The van der Waals surface area contributed by atoms with Crippen LogP contribution in [0.2, 0.25) is 0 Å². The van der Waals surface area contributed by atoms with Gasteiger partial charge in [-0.15, -0.1) is 5.10 Å². The number of benzene rings is 1. The van der Waals surface area contributed by atoms with Gasteiger partial charge in [0.05, 0.1) is 12.1 Å². The Kier molecular flexibility index (Phi) is 3.56. The normalized spacial score (nSPS) is 27.2. The molecule has 1 amide bonds. The number of para-hydroxylation sites is 1. The monoisotopic (exact) mass is 298 g/mol. The van der Waals surface area contributed by atoms with Crippen molar-refractivity contribution >= 4 is 16.9 Å². The molecule has 1 aromatic heterocycles. The van der Waals surface area contributed by atoms with Gasteiger partial charge in [-0.1, -0.05) is 30.2 Å². The number of rotatable bonds is 4. The molecule has 0 saturated heterocycles. The Morgan fingerprint density at radius 2 is 2.14 bits per heavy atom. The molecular formula is C17H22N4O. The number of amides is 1. The largest absolute Gasteiger partial charge is 0.353 e. The van der Waals surface area contributed by atoms with Crippen molar-refractivity contribution < 1.29 is 4.79 Å². The summed E-state index contributed by atoms with van der Waals surface area (Å²) in [5, 5.41) is 11.5. The lowest BCUT2D eigenvalue weighted by Crippen LogP contribution is -2.38. The topological polar surface area (TPSA) is 59.8 Å². The van der Waals surface area contributed by atoms with E-state index in [0.717, 1.165) is 29.3 Å². The van der Waals surface area contributed by atoms with Crippen LogP contribution in [-0.4, -0.2) is 26.9 Å². The molecule has 3 atom stereocenters. The first kappa shape index (κ1) is 13.7. The summed E-state index contributed by atoms with van der Waals surface area (Å²) < 4.78 is 1.82. The Labute approximate surface area is 130 Å². The van der Waals surface area contributed by atoms with Gasteiger partial charge in [-0.05, 0) is 43.2 Å². The Morgan fingerprint density at radius 3 is 3.09 bits per heavy atom. The van der Waals surface area contributed by atoms with Crippen LogP contribution < -0.4 is 5.32 Å². The summed E-state index contributed by atoms with van der Waals surface area (Å²) in [5.41, 5.74) is 1.87. The minimum Gasteiger partial charge on any atom is -0.353 e. The Hall–Kier alpha value is -1.91. The summed E-state index contributed by atoms with van der Waals surface area (Å²) >= 11 is 0. The van der Waals surface area contributed by atoms with E-state index in [4.69, 9.17) is 0 Å². The van der Waals surface area contributed by atoms with E-state index in [-0.39, 0.29) is 5.91 Å². The van der Waals surface area contributed by atoms with Crippen molar-refractivity contribution in [2.75, 3.05) is 0 Å². The Morgan fingerprint density at radius 1 is 1.23 bits per heavy atom. The van der Waals surface area contributed by atoms with Gasteiger partial charge in [0, 0.05) is 12.5 Å². The summed E-state index contributed by atoms with van der Waals surface area (Å²) in [4.78, 5) is 12.2. The standard InChI is InChI=1S/C17H22N4O/c22-17(18-14-9-8-12-4-3-5-13(12)14)10-11-21-16-7-2-1-6-15(16)19-20-21/h1-2,6-7,12-14H,3-5,8-11H2,(H,18,22)/t12-,13-,14-/m1/s1. The van der Waals surface area contributed by atoms with Crippen molar-refractivity contribution in [2.45, 2.75) is 51.1 Å². The number of nitrogens with zero attached hydrogens (tertiary/aromatic N) is 3. The first-order valence-corrected chi connectivity index (χ1v) is 8.39. The van der Waals surface area contributed by atoms with E-state index < -0.39 is 0 Å². The number of fused-ring (bicyclic) bond motifs is 2. The molecule has 0 aliphatic heterocycles. The third-order valence-corrected chi connectivity index (χ3v) is 5.40. The summed E-state index contributed by atoms with van der Waals surface area (Å²) in [5.74, 6) is 1.75. The lowest BCUT2D eigenvalue weighted by atomic mass is 9.97. The highest BCUT2D eigenvalue weighted by Crippen LogP contribution is 2.43. The van der Waals surface area contributed by atoms with Crippen LogP contribution in [-0.2, 0) is 11.3 Å². The van der Waals surface area contributed by atoms with Gasteiger partial charge >= 0.3 is 0 Å². The van der Waals surface area contributed by atoms with Gasteiger partial charge in [-0.3, -0.25) is 4.79 Å². The van der Waals surface area contributed by atoms with Gasteiger partial charge in [-0.25, -0.2) is 4.68 Å². The Bertz CT molecular complexity index is 680. The highest BCUT2D eigenvalue weighted by molar-refractivity contribution is 5.77. The molecule has 0 spiro atoms. The zero-order chi connectivity index (χ0) is 14.9. The summed E-state index contributed by atoms with van der Waals surface area (Å²) in [7, 11) is 0. The molecule has 116 valence electrons. The first-order valence-electron chi connectivity index (χ1n) is 8.39. The van der Waals surface area contributed by atoms with E-state index in [1.165, 1.54) is 25.7 Å². The maximum absolute atomic E-state index is 12.2. The van der Waals surface area contributed by atoms with E-state index >= 15 is 0 Å². The fraction of sp³-hybridized carbons (Fsp3) is 0.588. The van der Waals surface area contributed by atoms with E-state index in [1.54, 1.807) is 0 Å². The third-order valence-electron chi connectivity index (χ3n) is 5.40. The van der Waals surface area contributed by atoms with Gasteiger partial charge in [0.15, 0.2) is 0 Å². The van der Waals surface area contributed by atoms with Crippen LogP contribution >= 0.6 is 0 Å². The van der Waals surface area contributed by atoms with Crippen LogP contribution in [0.5, 0.6) is 0 Å². The van der Waals surface area contributed by atoms with Crippen LogP contribution in [0.4, 0.5) is 0 Å². The van der Waals surface area contributed by atoms with Crippen molar-refractivity contribution in [1.82, 2.24) is 20.3 Å². The number of aromatic nitrogens is 3. The van der Waals surface area contributed by atoms with Gasteiger partial charge in [0.25, 0.3) is 0 Å². The predicted octanol–water partition coefficient (Wildman–Crippen LogP) is 2.52. The summed E-state index contributed by atoms with van der Waals surface area (Å²) in [6.07, 6.45) is 6.93. The molecule has 2 fully saturated rings. The molecule has 1 N–H and O–H groups in total. The molecule has 2 aliphatic carbocycles. The van der Waals surface area contributed by atoms with Crippen molar-refractivity contribution in [3.8, 4) is 0 Å². The molecule has 0 radical (unpaired) electrons. The second-order valence-electron chi connectivity index (χ2n) is 6.66. The second-order valence-corrected chi connectivity index (χ2v) is 6.66. The van der Waals surface area contributed by atoms with Crippen molar-refractivity contribution in [3.63, 3.8) is 0 Å². The summed E-state index contributed by atoms with van der Waals surface area (Å²) in [6.45, 7) is 0.590. The van der Waals surface area contributed by atoms with E-state index in [1.807, 2.05) is 28.9 Å². The molecule has 4 rings (SSSR count). The molecule has 1 heterocycles. The molecular weight excluding hydrogens is 276 g/mol. The zero-order valence-corrected chi connectivity index (χ0v) is 12.7. The van der Waals surface area contributed by atoms with E-state index in [2.05, 4.69) is 15.6 Å². The lowest BCUT2D eigenvalue weighted by molar-refractivity contribution is -0.122. The fourth-order valence-corrected chi connectivity index (χ4v) is 4.31. The van der Waals surface area contributed by atoms with Crippen molar-refractivity contribution in [3.05, 3.63) is 24.3 Å².